The molecule has 1 aliphatic heterocycles. The lowest BCUT2D eigenvalue weighted by Crippen LogP contribution is -2.30. The van der Waals surface area contributed by atoms with Crippen LogP contribution in [0.4, 0.5) is 0 Å². The van der Waals surface area contributed by atoms with Gasteiger partial charge in [0.05, 0.1) is 17.3 Å². The van der Waals surface area contributed by atoms with Gasteiger partial charge in [-0.05, 0) is 31.9 Å². The monoisotopic (exact) mass is 368 g/mol. The molecule has 7 nitrogen and oxygen atoms in total. The van der Waals surface area contributed by atoms with Crippen LogP contribution >= 0.6 is 0 Å². The highest BCUT2D eigenvalue weighted by Gasteiger charge is 2.34. The van der Waals surface area contributed by atoms with Crippen molar-refractivity contribution in [2.24, 2.45) is 7.05 Å². The highest BCUT2D eigenvalue weighted by Crippen LogP contribution is 2.22. The highest BCUT2D eigenvalue weighted by atomic mass is 16.2. The lowest BCUT2D eigenvalue weighted by atomic mass is 10.1. The average Bonchev–Trinajstić information content (AvgIpc) is 3.11. The lowest BCUT2D eigenvalue weighted by molar-refractivity contribution is -0.121. The Kier molecular flexibility index (Phi) is 5.69. The molecule has 0 saturated carbocycles. The minimum absolute atomic E-state index is 0.000941. The van der Waals surface area contributed by atoms with Gasteiger partial charge in [-0.1, -0.05) is 18.6 Å². The Morgan fingerprint density at radius 1 is 1.07 bits per heavy atom. The van der Waals surface area contributed by atoms with Gasteiger partial charge >= 0.3 is 0 Å². The molecule has 0 bridgehead atoms. The van der Waals surface area contributed by atoms with E-state index in [9.17, 15) is 14.4 Å². The summed E-state index contributed by atoms with van der Waals surface area (Å²) in [7, 11) is 1.87. The molecule has 1 aromatic carbocycles. The van der Waals surface area contributed by atoms with E-state index in [1.807, 2.05) is 14.0 Å². The van der Waals surface area contributed by atoms with Gasteiger partial charge in [0, 0.05) is 37.8 Å². The first-order chi connectivity index (χ1) is 13.0. The third-order valence-corrected chi connectivity index (χ3v) is 4.98. The lowest BCUT2D eigenvalue weighted by Gasteiger charge is -2.13. The van der Waals surface area contributed by atoms with Gasteiger partial charge in [-0.25, -0.2) is 0 Å². The molecule has 2 heterocycles. The van der Waals surface area contributed by atoms with E-state index in [4.69, 9.17) is 0 Å². The minimum Gasteiger partial charge on any atom is -0.352 e. The summed E-state index contributed by atoms with van der Waals surface area (Å²) >= 11 is 0. The van der Waals surface area contributed by atoms with E-state index in [1.165, 1.54) is 4.90 Å². The predicted molar refractivity (Wildman–Crippen MR) is 100 cm³/mol. The van der Waals surface area contributed by atoms with Crippen molar-refractivity contribution in [3.63, 3.8) is 0 Å². The predicted octanol–water partition coefficient (Wildman–Crippen LogP) is 2.20. The molecule has 3 rings (SSSR count). The van der Waals surface area contributed by atoms with Gasteiger partial charge in [-0.3, -0.25) is 24.0 Å². The summed E-state index contributed by atoms with van der Waals surface area (Å²) in [6, 6.07) is 6.89. The first-order valence-electron chi connectivity index (χ1n) is 9.18. The number of hydrogen-bond donors (Lipinski definition) is 1. The summed E-state index contributed by atoms with van der Waals surface area (Å²) in [5.41, 5.74) is 3.01. The molecule has 0 unspecified atom stereocenters. The van der Waals surface area contributed by atoms with E-state index >= 15 is 0 Å². The number of fused-ring (bicyclic) bond motifs is 1. The van der Waals surface area contributed by atoms with E-state index in [-0.39, 0.29) is 17.7 Å². The molecule has 1 aliphatic rings. The topological polar surface area (TPSA) is 84.3 Å². The normalized spacial score (nSPS) is 13.2. The number of benzene rings is 1. The van der Waals surface area contributed by atoms with Crippen LogP contribution in [-0.4, -0.2) is 38.9 Å². The zero-order valence-electron chi connectivity index (χ0n) is 15.7. The molecule has 27 heavy (non-hydrogen) atoms. The fraction of sp³-hybridized carbons (Fsp3) is 0.400. The van der Waals surface area contributed by atoms with E-state index < -0.39 is 0 Å². The van der Waals surface area contributed by atoms with Crippen molar-refractivity contribution in [3.05, 3.63) is 52.8 Å². The number of nitrogens with zero attached hydrogens (tertiary/aromatic N) is 3. The maximum atomic E-state index is 12.3. The first-order valence-corrected chi connectivity index (χ1v) is 9.18. The number of aromatic nitrogens is 2. The second kappa shape index (κ2) is 8.16. The Morgan fingerprint density at radius 2 is 1.74 bits per heavy atom. The first kappa shape index (κ1) is 18.8. The molecule has 0 aliphatic carbocycles. The molecule has 1 aromatic heterocycles. The Labute approximate surface area is 158 Å². The number of carbonyl (C=O) groups is 3. The number of rotatable bonds is 8. The quantitative estimate of drug-likeness (QED) is 0.572. The second-order valence-electron chi connectivity index (χ2n) is 6.77. The summed E-state index contributed by atoms with van der Waals surface area (Å²) in [5, 5.41) is 7.05. The number of aryl methyl sites for hydroxylation is 1. The number of hydrogen-bond acceptors (Lipinski definition) is 4. The van der Waals surface area contributed by atoms with Gasteiger partial charge < -0.3 is 5.32 Å². The molecule has 0 radical (unpaired) electrons. The molecular formula is C20H24N4O3. The van der Waals surface area contributed by atoms with Crippen LogP contribution in [0.15, 0.2) is 30.5 Å². The van der Waals surface area contributed by atoms with Crippen LogP contribution in [0, 0.1) is 6.92 Å². The fourth-order valence-electron chi connectivity index (χ4n) is 3.17. The molecule has 0 spiro atoms. The van der Waals surface area contributed by atoms with E-state index in [0.717, 1.165) is 24.1 Å². The van der Waals surface area contributed by atoms with Gasteiger partial charge in [-0.2, -0.15) is 5.10 Å². The molecule has 0 saturated heterocycles. The van der Waals surface area contributed by atoms with Crippen LogP contribution < -0.4 is 5.32 Å². The van der Waals surface area contributed by atoms with Crippen LogP contribution in [0.3, 0.4) is 0 Å². The van der Waals surface area contributed by atoms with Crippen LogP contribution in [0.1, 0.15) is 57.7 Å². The Bertz CT molecular complexity index is 837. The van der Waals surface area contributed by atoms with Crippen molar-refractivity contribution >= 4 is 17.7 Å². The largest absolute Gasteiger partial charge is 0.352 e. The van der Waals surface area contributed by atoms with Crippen molar-refractivity contribution in [1.29, 1.82) is 0 Å². The van der Waals surface area contributed by atoms with Crippen molar-refractivity contribution < 1.29 is 14.4 Å². The third-order valence-electron chi connectivity index (χ3n) is 4.98. The van der Waals surface area contributed by atoms with Crippen molar-refractivity contribution in [1.82, 2.24) is 20.0 Å². The molecule has 142 valence electrons. The third kappa shape index (κ3) is 4.07. The molecule has 0 atom stereocenters. The van der Waals surface area contributed by atoms with Crippen LogP contribution in [0.25, 0.3) is 0 Å². The van der Waals surface area contributed by atoms with Gasteiger partial charge in [0.15, 0.2) is 0 Å². The van der Waals surface area contributed by atoms with Crippen molar-refractivity contribution in [2.45, 2.75) is 39.2 Å². The second-order valence-corrected chi connectivity index (χ2v) is 6.77. The van der Waals surface area contributed by atoms with Crippen molar-refractivity contribution in [3.8, 4) is 0 Å². The zero-order valence-corrected chi connectivity index (χ0v) is 15.7. The Morgan fingerprint density at radius 3 is 2.33 bits per heavy atom. The summed E-state index contributed by atoms with van der Waals surface area (Å²) in [6.45, 7) is 2.84. The summed E-state index contributed by atoms with van der Waals surface area (Å²) in [5.74, 6) is -0.445. The SMILES string of the molecule is Cc1c(CNC(=O)CCCCCN2C(=O)c3ccccc3C2=O)cnn1C. The zero-order chi connectivity index (χ0) is 19.4. The van der Waals surface area contributed by atoms with Gasteiger partial charge in [-0.15, -0.1) is 0 Å². The van der Waals surface area contributed by atoms with Crippen molar-refractivity contribution in [2.75, 3.05) is 6.54 Å². The standard InChI is InChI=1S/C20H24N4O3/c1-14-15(13-22-23(14)2)12-21-18(25)10-4-3-7-11-24-19(26)16-8-5-6-9-17(16)20(24)27/h5-6,8-9,13H,3-4,7,10-12H2,1-2H3,(H,21,25). The number of unbranched alkanes of at least 4 members (excludes halogenated alkanes) is 2. The Hall–Kier alpha value is -2.96. The summed E-state index contributed by atoms with van der Waals surface area (Å²) in [4.78, 5) is 37.8. The smallest absolute Gasteiger partial charge is 0.261 e. The molecule has 2 aromatic rings. The van der Waals surface area contributed by atoms with Gasteiger partial charge in [0.2, 0.25) is 5.91 Å². The van der Waals surface area contributed by atoms with E-state index in [0.29, 0.717) is 37.1 Å². The van der Waals surface area contributed by atoms with Crippen LogP contribution in [0.2, 0.25) is 0 Å². The van der Waals surface area contributed by atoms with E-state index in [2.05, 4.69) is 10.4 Å². The summed E-state index contributed by atoms with van der Waals surface area (Å²) in [6.07, 6.45) is 4.40. The van der Waals surface area contributed by atoms with Gasteiger partial charge in [0.25, 0.3) is 11.8 Å². The number of nitrogens with one attached hydrogen (secondary N) is 1. The fourth-order valence-corrected chi connectivity index (χ4v) is 3.17. The number of carbonyl (C=O) groups excluding carboxylic acids is 3. The summed E-state index contributed by atoms with van der Waals surface area (Å²) < 4.78 is 1.78. The number of imide groups is 1. The molecular weight excluding hydrogens is 344 g/mol. The van der Waals surface area contributed by atoms with E-state index in [1.54, 1.807) is 35.1 Å². The minimum atomic E-state index is -0.222. The molecule has 7 heteroatoms. The van der Waals surface area contributed by atoms with Gasteiger partial charge in [0.1, 0.15) is 0 Å². The average molecular weight is 368 g/mol. The highest BCUT2D eigenvalue weighted by molar-refractivity contribution is 6.21. The van der Waals surface area contributed by atoms with Crippen LogP contribution in [-0.2, 0) is 18.4 Å². The Balaban J connectivity index is 1.35. The molecule has 3 amide bonds. The maximum absolute atomic E-state index is 12.3. The molecule has 0 fully saturated rings. The molecule has 1 N–H and O–H groups in total. The maximum Gasteiger partial charge on any atom is 0.261 e. The van der Waals surface area contributed by atoms with Crippen LogP contribution in [0.5, 0.6) is 0 Å². The number of amides is 3.